The molecule has 0 amide bonds. The lowest BCUT2D eigenvalue weighted by atomic mass is 10.1. The van der Waals surface area contributed by atoms with E-state index in [1.807, 2.05) is 27.0 Å². The second-order valence-corrected chi connectivity index (χ2v) is 5.27. The first kappa shape index (κ1) is 14.5. The molecule has 0 bridgehead atoms. The molecule has 0 unspecified atom stereocenters. The average molecular weight is 276 g/mol. The number of hydrogen-bond donors (Lipinski definition) is 1. The van der Waals surface area contributed by atoms with Crippen molar-refractivity contribution < 1.29 is 4.74 Å². The molecule has 1 aromatic rings. The lowest BCUT2D eigenvalue weighted by molar-refractivity contribution is 0.000633. The van der Waals surface area contributed by atoms with Gasteiger partial charge >= 0.3 is 0 Å². The molecule has 0 radical (unpaired) electrons. The molecule has 0 saturated carbocycles. The van der Waals surface area contributed by atoms with Crippen molar-refractivity contribution in [2.24, 2.45) is 0 Å². The topological polar surface area (TPSA) is 47.0 Å². The van der Waals surface area contributed by atoms with Crippen molar-refractivity contribution in [3.8, 4) is 0 Å². The average Bonchev–Trinajstić information content (AvgIpc) is 2.26. The maximum absolute atomic E-state index is 5.90. The van der Waals surface area contributed by atoms with Gasteiger partial charge in [0, 0.05) is 19.2 Å². The largest absolute Gasteiger partial charge is 0.374 e. The number of hydrogen-bond acceptors (Lipinski definition) is 5. The van der Waals surface area contributed by atoms with Crippen molar-refractivity contribution in [3.05, 3.63) is 11.2 Å². The van der Waals surface area contributed by atoms with E-state index in [2.05, 4.69) is 15.3 Å². The Morgan fingerprint density at radius 2 is 2.18 bits per heavy atom. The van der Waals surface area contributed by atoms with Gasteiger partial charge < -0.3 is 10.1 Å². The predicted octanol–water partition coefficient (Wildman–Crippen LogP) is 3.08. The van der Waals surface area contributed by atoms with E-state index in [-0.39, 0.29) is 5.60 Å². The van der Waals surface area contributed by atoms with Gasteiger partial charge in [0.25, 0.3) is 0 Å². The molecule has 1 rings (SSSR count). The molecule has 4 nitrogen and oxygen atoms in total. The van der Waals surface area contributed by atoms with Crippen LogP contribution in [0.2, 0.25) is 5.15 Å². The number of thioether (sulfide) groups is 1. The highest BCUT2D eigenvalue weighted by molar-refractivity contribution is 7.98. The van der Waals surface area contributed by atoms with E-state index >= 15 is 0 Å². The molecular formula is C11H18ClN3OS. The number of nitrogens with one attached hydrogen (secondary N) is 1. The first-order chi connectivity index (χ1) is 7.96. The van der Waals surface area contributed by atoms with Crippen molar-refractivity contribution in [3.63, 3.8) is 0 Å². The first-order valence-electron chi connectivity index (χ1n) is 5.43. The molecule has 0 aliphatic carbocycles. The van der Waals surface area contributed by atoms with Gasteiger partial charge in [0.15, 0.2) is 5.16 Å². The van der Waals surface area contributed by atoms with Crippen LogP contribution in [0.4, 0.5) is 5.82 Å². The maximum Gasteiger partial charge on any atom is 0.190 e. The molecule has 0 aliphatic heterocycles. The summed E-state index contributed by atoms with van der Waals surface area (Å²) >= 11 is 7.37. The number of aromatic nitrogens is 2. The molecule has 0 atom stereocenters. The van der Waals surface area contributed by atoms with Crippen LogP contribution in [0, 0.1) is 0 Å². The third-order valence-electron chi connectivity index (χ3n) is 2.09. The number of nitrogens with zero attached hydrogens (tertiary/aromatic N) is 2. The Morgan fingerprint density at radius 1 is 1.47 bits per heavy atom. The minimum atomic E-state index is -0.230. The van der Waals surface area contributed by atoms with E-state index in [9.17, 15) is 0 Å². The zero-order valence-electron chi connectivity index (χ0n) is 10.6. The Balaban J connectivity index is 2.65. The van der Waals surface area contributed by atoms with Crippen LogP contribution in [0.25, 0.3) is 0 Å². The quantitative estimate of drug-likeness (QED) is 0.491. The summed E-state index contributed by atoms with van der Waals surface area (Å²) in [5.74, 6) is 0.724. The Bertz CT molecular complexity index is 374. The number of halogens is 1. The summed E-state index contributed by atoms with van der Waals surface area (Å²) < 4.78 is 5.59. The highest BCUT2D eigenvalue weighted by atomic mass is 35.5. The third kappa shape index (κ3) is 5.10. The van der Waals surface area contributed by atoms with E-state index in [4.69, 9.17) is 16.3 Å². The Labute approximate surface area is 112 Å². The van der Waals surface area contributed by atoms with Crippen LogP contribution in [0.15, 0.2) is 11.2 Å². The van der Waals surface area contributed by atoms with Gasteiger partial charge in [-0.1, -0.05) is 23.4 Å². The number of ether oxygens (including phenoxy) is 1. The minimum Gasteiger partial charge on any atom is -0.374 e. The van der Waals surface area contributed by atoms with E-state index < -0.39 is 0 Å². The summed E-state index contributed by atoms with van der Waals surface area (Å²) in [6.07, 6.45) is 1.92. The molecule has 0 aromatic carbocycles. The zero-order valence-corrected chi connectivity index (χ0v) is 12.2. The van der Waals surface area contributed by atoms with Crippen LogP contribution in [0.1, 0.15) is 20.8 Å². The Morgan fingerprint density at radius 3 is 2.76 bits per heavy atom. The summed E-state index contributed by atoms with van der Waals surface area (Å²) in [4.78, 5) is 8.40. The number of anilines is 1. The van der Waals surface area contributed by atoms with E-state index in [1.165, 1.54) is 11.8 Å². The molecule has 1 N–H and O–H groups in total. The van der Waals surface area contributed by atoms with Crippen molar-refractivity contribution in [2.45, 2.75) is 31.5 Å². The summed E-state index contributed by atoms with van der Waals surface area (Å²) in [6, 6.07) is 1.71. The van der Waals surface area contributed by atoms with Crippen LogP contribution >= 0.6 is 23.4 Å². The second-order valence-electron chi connectivity index (χ2n) is 4.11. The lowest BCUT2D eigenvalue weighted by Crippen LogP contribution is -2.33. The predicted molar refractivity (Wildman–Crippen MR) is 73.0 cm³/mol. The molecule has 0 fully saturated rings. The van der Waals surface area contributed by atoms with Gasteiger partial charge in [-0.25, -0.2) is 9.97 Å². The van der Waals surface area contributed by atoms with Crippen LogP contribution in [-0.4, -0.2) is 35.0 Å². The summed E-state index contributed by atoms with van der Waals surface area (Å²) in [7, 11) is 0. The normalized spacial score (nSPS) is 11.6. The van der Waals surface area contributed by atoms with Gasteiger partial charge in [0.05, 0.1) is 5.60 Å². The molecule has 1 aromatic heterocycles. The first-order valence-corrected chi connectivity index (χ1v) is 7.03. The summed E-state index contributed by atoms with van der Waals surface area (Å²) in [5.41, 5.74) is -0.230. The lowest BCUT2D eigenvalue weighted by Gasteiger charge is -2.25. The van der Waals surface area contributed by atoms with E-state index in [0.29, 0.717) is 23.5 Å². The van der Waals surface area contributed by atoms with Gasteiger partial charge in [0.2, 0.25) is 0 Å². The van der Waals surface area contributed by atoms with Crippen LogP contribution in [0.5, 0.6) is 0 Å². The standard InChI is InChI=1S/C11H18ClN3OS/c1-5-16-11(2,3)7-13-9-6-8(12)14-10(15-9)17-4/h6H,5,7H2,1-4H3,(H,13,14,15). The van der Waals surface area contributed by atoms with Gasteiger partial charge in [-0.15, -0.1) is 0 Å². The molecular weight excluding hydrogens is 258 g/mol. The summed E-state index contributed by atoms with van der Waals surface area (Å²) in [5, 5.41) is 4.32. The molecule has 96 valence electrons. The Kier molecular flexibility index (Phi) is 5.49. The van der Waals surface area contributed by atoms with Gasteiger partial charge in [-0.2, -0.15) is 0 Å². The maximum atomic E-state index is 5.90. The van der Waals surface area contributed by atoms with Gasteiger partial charge in [0.1, 0.15) is 11.0 Å². The van der Waals surface area contributed by atoms with E-state index in [0.717, 1.165) is 5.82 Å². The summed E-state index contributed by atoms with van der Waals surface area (Å²) in [6.45, 7) is 7.40. The smallest absolute Gasteiger partial charge is 0.190 e. The molecule has 6 heteroatoms. The molecule has 0 saturated heterocycles. The molecule has 0 aliphatic rings. The fraction of sp³-hybridized carbons (Fsp3) is 0.636. The SMILES string of the molecule is CCOC(C)(C)CNc1cc(Cl)nc(SC)n1. The van der Waals surface area contributed by atoms with Crippen LogP contribution < -0.4 is 5.32 Å². The second kappa shape index (κ2) is 6.42. The van der Waals surface area contributed by atoms with Crippen molar-refractivity contribution in [1.82, 2.24) is 9.97 Å². The minimum absolute atomic E-state index is 0.230. The highest BCUT2D eigenvalue weighted by Crippen LogP contribution is 2.18. The van der Waals surface area contributed by atoms with Gasteiger partial charge in [-0.3, -0.25) is 0 Å². The molecule has 1 heterocycles. The molecule has 0 spiro atoms. The van der Waals surface area contributed by atoms with Crippen LogP contribution in [-0.2, 0) is 4.74 Å². The van der Waals surface area contributed by atoms with Crippen molar-refractivity contribution in [1.29, 1.82) is 0 Å². The third-order valence-corrected chi connectivity index (χ3v) is 2.83. The van der Waals surface area contributed by atoms with Crippen LogP contribution in [0.3, 0.4) is 0 Å². The van der Waals surface area contributed by atoms with Crippen molar-refractivity contribution in [2.75, 3.05) is 24.7 Å². The number of rotatable bonds is 6. The van der Waals surface area contributed by atoms with Crippen molar-refractivity contribution >= 4 is 29.2 Å². The Hall–Kier alpha value is -0.520. The fourth-order valence-corrected chi connectivity index (χ4v) is 1.94. The van der Waals surface area contributed by atoms with E-state index in [1.54, 1.807) is 6.07 Å². The monoisotopic (exact) mass is 275 g/mol. The highest BCUT2D eigenvalue weighted by Gasteiger charge is 2.17. The van der Waals surface area contributed by atoms with Gasteiger partial charge in [-0.05, 0) is 27.0 Å². The fourth-order valence-electron chi connectivity index (χ4n) is 1.32. The molecule has 17 heavy (non-hydrogen) atoms. The zero-order chi connectivity index (χ0) is 12.9.